The van der Waals surface area contributed by atoms with Crippen LogP contribution in [0.3, 0.4) is 0 Å². The van der Waals surface area contributed by atoms with Gasteiger partial charge in [-0.1, -0.05) is 30.3 Å². The van der Waals surface area contributed by atoms with Crippen molar-refractivity contribution in [3.8, 4) is 5.75 Å². The predicted octanol–water partition coefficient (Wildman–Crippen LogP) is 2.81. The van der Waals surface area contributed by atoms with Crippen LogP contribution in [0.1, 0.15) is 21.7 Å². The molecule has 0 saturated heterocycles. The van der Waals surface area contributed by atoms with E-state index in [0.717, 1.165) is 11.6 Å². The van der Waals surface area contributed by atoms with Crippen LogP contribution in [0.2, 0.25) is 0 Å². The van der Waals surface area contributed by atoms with Gasteiger partial charge in [0, 0.05) is 5.69 Å². The van der Waals surface area contributed by atoms with Crippen LogP contribution in [-0.4, -0.2) is 16.1 Å². The van der Waals surface area contributed by atoms with Crippen LogP contribution in [-0.2, 0) is 6.61 Å². The Morgan fingerprint density at radius 3 is 2.68 bits per heavy atom. The highest BCUT2D eigenvalue weighted by Gasteiger charge is 2.19. The average Bonchev–Trinajstić information content (AvgIpc) is 2.38. The first-order valence-corrected chi connectivity index (χ1v) is 5.65. The Hall–Kier alpha value is -2.43. The molecule has 0 aliphatic carbocycles. The normalized spacial score (nSPS) is 10.2. The molecule has 98 valence electrons. The van der Waals surface area contributed by atoms with Crippen LogP contribution < -0.4 is 4.74 Å². The summed E-state index contributed by atoms with van der Waals surface area (Å²) in [6.45, 7) is 1.61. The van der Waals surface area contributed by atoms with E-state index in [1.54, 1.807) is 12.1 Å². The van der Waals surface area contributed by atoms with Gasteiger partial charge in [-0.25, -0.2) is 14.2 Å². The largest absolute Gasteiger partial charge is 0.483 e. The van der Waals surface area contributed by atoms with E-state index < -0.39 is 17.5 Å². The van der Waals surface area contributed by atoms with E-state index in [-0.39, 0.29) is 12.4 Å². The summed E-state index contributed by atoms with van der Waals surface area (Å²) in [6.07, 6.45) is 0. The fraction of sp³-hybridized carbons (Fsp3) is 0.143. The van der Waals surface area contributed by atoms with Gasteiger partial charge in [0.2, 0.25) is 0 Å². The molecule has 0 bridgehead atoms. The first kappa shape index (κ1) is 13.0. The molecule has 0 atom stereocenters. The average molecular weight is 261 g/mol. The van der Waals surface area contributed by atoms with Crippen molar-refractivity contribution in [2.45, 2.75) is 13.5 Å². The van der Waals surface area contributed by atoms with E-state index in [1.807, 2.05) is 18.2 Å². The number of rotatable bonds is 4. The number of nitrogens with zero attached hydrogens (tertiary/aromatic N) is 1. The number of carboxylic acids is 1. The molecule has 19 heavy (non-hydrogen) atoms. The highest BCUT2D eigenvalue weighted by atomic mass is 19.1. The van der Waals surface area contributed by atoms with Gasteiger partial charge in [0.15, 0.2) is 17.3 Å². The Kier molecular flexibility index (Phi) is 3.75. The second-order valence-corrected chi connectivity index (χ2v) is 4.00. The number of halogens is 1. The van der Waals surface area contributed by atoms with Crippen LogP contribution in [0.5, 0.6) is 5.75 Å². The molecule has 0 aliphatic heterocycles. The lowest BCUT2D eigenvalue weighted by Gasteiger charge is -2.10. The summed E-state index contributed by atoms with van der Waals surface area (Å²) < 4.78 is 19.0. The summed E-state index contributed by atoms with van der Waals surface area (Å²) in [6, 6.07) is 10.2. The Bertz CT molecular complexity index is 599. The molecule has 5 heteroatoms. The van der Waals surface area contributed by atoms with Crippen molar-refractivity contribution in [1.29, 1.82) is 0 Å². The minimum absolute atomic E-state index is 0.0861. The van der Waals surface area contributed by atoms with Crippen LogP contribution >= 0.6 is 0 Å². The second-order valence-electron chi connectivity index (χ2n) is 4.00. The van der Waals surface area contributed by atoms with Crippen LogP contribution in [0.15, 0.2) is 36.4 Å². The number of pyridine rings is 1. The van der Waals surface area contributed by atoms with Gasteiger partial charge >= 0.3 is 5.97 Å². The van der Waals surface area contributed by atoms with Gasteiger partial charge in [0.05, 0.1) is 0 Å². The third-order valence-corrected chi connectivity index (χ3v) is 2.48. The molecule has 1 aromatic carbocycles. The predicted molar refractivity (Wildman–Crippen MR) is 66.7 cm³/mol. The molecule has 1 heterocycles. The molecule has 0 fully saturated rings. The maximum atomic E-state index is 13.7. The summed E-state index contributed by atoms with van der Waals surface area (Å²) in [5, 5.41) is 9.00. The fourth-order valence-electron chi connectivity index (χ4n) is 1.63. The van der Waals surface area contributed by atoms with Crippen LogP contribution in [0, 0.1) is 12.7 Å². The van der Waals surface area contributed by atoms with Gasteiger partial charge in [-0.05, 0) is 18.6 Å². The van der Waals surface area contributed by atoms with Gasteiger partial charge in [0.1, 0.15) is 6.61 Å². The zero-order chi connectivity index (χ0) is 13.8. The van der Waals surface area contributed by atoms with Crippen molar-refractivity contribution in [1.82, 2.24) is 4.98 Å². The number of hydrogen-bond acceptors (Lipinski definition) is 3. The van der Waals surface area contributed by atoms with E-state index in [9.17, 15) is 9.18 Å². The Morgan fingerprint density at radius 2 is 2.05 bits per heavy atom. The molecular formula is C14H12FNO3. The highest BCUT2D eigenvalue weighted by Crippen LogP contribution is 2.23. The number of aromatic nitrogens is 1. The number of hydrogen-bond donors (Lipinski definition) is 1. The third kappa shape index (κ3) is 3.07. The molecule has 0 saturated carbocycles. The molecule has 2 aromatic rings. The minimum Gasteiger partial charge on any atom is -0.483 e. The standard InChI is InChI=1S/C14H12FNO3/c1-9-7-11(15)13(12(16-9)14(17)18)19-8-10-5-3-2-4-6-10/h2-7H,8H2,1H3,(H,17,18). The number of aryl methyl sites for hydroxylation is 1. The lowest BCUT2D eigenvalue weighted by Crippen LogP contribution is -2.09. The Morgan fingerprint density at radius 1 is 1.37 bits per heavy atom. The number of aromatic carboxylic acids is 1. The Balaban J connectivity index is 2.27. The highest BCUT2D eigenvalue weighted by molar-refractivity contribution is 5.88. The van der Waals surface area contributed by atoms with E-state index in [0.29, 0.717) is 5.69 Å². The molecule has 2 rings (SSSR count). The fourth-order valence-corrected chi connectivity index (χ4v) is 1.63. The van der Waals surface area contributed by atoms with Crippen molar-refractivity contribution >= 4 is 5.97 Å². The van der Waals surface area contributed by atoms with Gasteiger partial charge in [-0.2, -0.15) is 0 Å². The van der Waals surface area contributed by atoms with Crippen molar-refractivity contribution in [3.05, 3.63) is 59.2 Å². The zero-order valence-electron chi connectivity index (χ0n) is 10.3. The van der Waals surface area contributed by atoms with E-state index >= 15 is 0 Å². The molecule has 1 N–H and O–H groups in total. The van der Waals surface area contributed by atoms with E-state index in [1.165, 1.54) is 6.92 Å². The summed E-state index contributed by atoms with van der Waals surface area (Å²) in [5.74, 6) is -2.37. The summed E-state index contributed by atoms with van der Waals surface area (Å²) in [7, 11) is 0. The minimum atomic E-state index is -1.31. The third-order valence-electron chi connectivity index (χ3n) is 2.48. The first-order valence-electron chi connectivity index (χ1n) is 5.65. The van der Waals surface area contributed by atoms with Crippen LogP contribution in [0.4, 0.5) is 4.39 Å². The summed E-state index contributed by atoms with van der Waals surface area (Å²) >= 11 is 0. The molecular weight excluding hydrogens is 249 g/mol. The molecule has 0 spiro atoms. The zero-order valence-corrected chi connectivity index (χ0v) is 10.3. The maximum absolute atomic E-state index is 13.7. The second kappa shape index (κ2) is 5.48. The number of carbonyl (C=O) groups is 1. The topological polar surface area (TPSA) is 59.4 Å². The Labute approximate surface area is 109 Å². The van der Waals surface area contributed by atoms with Crippen molar-refractivity contribution in [2.24, 2.45) is 0 Å². The van der Waals surface area contributed by atoms with Crippen molar-refractivity contribution in [3.63, 3.8) is 0 Å². The first-order chi connectivity index (χ1) is 9.08. The lowest BCUT2D eigenvalue weighted by atomic mass is 10.2. The molecule has 4 nitrogen and oxygen atoms in total. The molecule has 1 aromatic heterocycles. The number of benzene rings is 1. The molecule has 0 aliphatic rings. The molecule has 0 amide bonds. The summed E-state index contributed by atoms with van der Waals surface area (Å²) in [4.78, 5) is 14.8. The van der Waals surface area contributed by atoms with Gasteiger partial charge in [-0.15, -0.1) is 0 Å². The van der Waals surface area contributed by atoms with Gasteiger partial charge in [-0.3, -0.25) is 0 Å². The van der Waals surface area contributed by atoms with Gasteiger partial charge < -0.3 is 9.84 Å². The SMILES string of the molecule is Cc1cc(F)c(OCc2ccccc2)c(C(=O)O)n1. The van der Waals surface area contributed by atoms with E-state index in [4.69, 9.17) is 9.84 Å². The number of carboxylic acid groups (broad SMARTS) is 1. The lowest BCUT2D eigenvalue weighted by molar-refractivity contribution is 0.0683. The van der Waals surface area contributed by atoms with Crippen molar-refractivity contribution in [2.75, 3.05) is 0 Å². The van der Waals surface area contributed by atoms with E-state index in [2.05, 4.69) is 4.98 Å². The van der Waals surface area contributed by atoms with Crippen molar-refractivity contribution < 1.29 is 19.0 Å². The van der Waals surface area contributed by atoms with Gasteiger partial charge in [0.25, 0.3) is 0 Å². The quantitative estimate of drug-likeness (QED) is 0.919. The van der Waals surface area contributed by atoms with Crippen LogP contribution in [0.25, 0.3) is 0 Å². The summed E-state index contributed by atoms with van der Waals surface area (Å²) in [5.41, 5.74) is 0.703. The number of ether oxygens (including phenoxy) is 1. The maximum Gasteiger partial charge on any atom is 0.358 e. The molecule has 0 unspecified atom stereocenters. The molecule has 0 radical (unpaired) electrons. The smallest absolute Gasteiger partial charge is 0.358 e. The monoisotopic (exact) mass is 261 g/mol.